The molecule has 3 aromatic rings. The quantitative estimate of drug-likeness (QED) is 0.547. The van der Waals surface area contributed by atoms with E-state index in [4.69, 9.17) is 23.4 Å². The number of pyridine rings is 1. The maximum atomic E-state index is 14.1. The Labute approximate surface area is 169 Å². The van der Waals surface area contributed by atoms with E-state index in [0.717, 1.165) is 0 Å². The molecule has 0 radical (unpaired) electrons. The number of sulfonamides is 1. The number of halogens is 3. The Kier molecular flexibility index (Phi) is 5.85. The van der Waals surface area contributed by atoms with Gasteiger partial charge < -0.3 is 0 Å². The van der Waals surface area contributed by atoms with Crippen LogP contribution in [-0.2, 0) is 10.0 Å². The van der Waals surface area contributed by atoms with Crippen LogP contribution in [0.3, 0.4) is 0 Å². The highest BCUT2D eigenvalue weighted by molar-refractivity contribution is 7.92. The molecule has 0 amide bonds. The molecule has 0 unspecified atom stereocenters. The Morgan fingerprint density at radius 3 is 2.78 bits per heavy atom. The van der Waals surface area contributed by atoms with Gasteiger partial charge in [-0.1, -0.05) is 11.6 Å². The van der Waals surface area contributed by atoms with Gasteiger partial charge in [0.25, 0.3) is 10.0 Å². The van der Waals surface area contributed by atoms with Gasteiger partial charge in [0.05, 0.1) is 23.4 Å². The summed E-state index contributed by atoms with van der Waals surface area (Å²) in [6.07, 6.45) is 2.57. The number of anilines is 2. The largest absolute Gasteiger partial charge is 0.276 e. The number of thiazole rings is 1. The Balaban J connectivity index is 1.89. The van der Waals surface area contributed by atoms with Crippen LogP contribution in [0.5, 0.6) is 0 Å². The van der Waals surface area contributed by atoms with Gasteiger partial charge in [0.2, 0.25) is 0 Å². The van der Waals surface area contributed by atoms with Crippen LogP contribution in [-0.4, -0.2) is 18.4 Å². The molecule has 27 heavy (non-hydrogen) atoms. The summed E-state index contributed by atoms with van der Waals surface area (Å²) < 4.78 is 42.6. The zero-order valence-electron chi connectivity index (χ0n) is 13.8. The molecule has 1 N–H and O–H groups in total. The van der Waals surface area contributed by atoms with Crippen molar-refractivity contribution in [3.63, 3.8) is 0 Å². The summed E-state index contributed by atoms with van der Waals surface area (Å²) in [6, 6.07) is 4.86. The number of rotatable bonds is 6. The SMILES string of the molecule is C[C@@H](c1cc(Cl)ccc1F)N(Cl)c1cncc(S(=O)(=O)Nc2cscn2)c1. The molecule has 0 aliphatic carbocycles. The molecule has 1 aromatic carbocycles. The summed E-state index contributed by atoms with van der Waals surface area (Å²) in [5.74, 6) is -0.262. The van der Waals surface area contributed by atoms with Crippen LogP contribution < -0.4 is 9.14 Å². The predicted octanol–water partition coefficient (Wildman–Crippen LogP) is 4.85. The van der Waals surface area contributed by atoms with Crippen molar-refractivity contribution in [2.75, 3.05) is 9.14 Å². The molecule has 0 aliphatic rings. The molecule has 2 aromatic heterocycles. The maximum absolute atomic E-state index is 14.1. The summed E-state index contributed by atoms with van der Waals surface area (Å²) in [4.78, 5) is 7.72. The Hall–Kier alpha value is -1.94. The first-order chi connectivity index (χ1) is 12.8. The van der Waals surface area contributed by atoms with Crippen molar-refractivity contribution >= 4 is 56.2 Å². The molecule has 6 nitrogen and oxygen atoms in total. The van der Waals surface area contributed by atoms with Gasteiger partial charge in [0.1, 0.15) is 10.7 Å². The van der Waals surface area contributed by atoms with E-state index in [2.05, 4.69) is 14.7 Å². The summed E-state index contributed by atoms with van der Waals surface area (Å²) in [5.41, 5.74) is 2.06. The highest BCUT2D eigenvalue weighted by atomic mass is 35.5. The van der Waals surface area contributed by atoms with E-state index in [9.17, 15) is 12.8 Å². The van der Waals surface area contributed by atoms with Gasteiger partial charge in [-0.3, -0.25) is 14.1 Å². The van der Waals surface area contributed by atoms with E-state index in [0.29, 0.717) is 5.02 Å². The molecule has 0 aliphatic heterocycles. The zero-order valence-corrected chi connectivity index (χ0v) is 16.9. The minimum absolute atomic E-state index is 0.0996. The van der Waals surface area contributed by atoms with Gasteiger partial charge in [-0.2, -0.15) is 0 Å². The van der Waals surface area contributed by atoms with E-state index in [-0.39, 0.29) is 22.0 Å². The number of nitrogens with zero attached hydrogens (tertiary/aromatic N) is 3. The van der Waals surface area contributed by atoms with Crippen molar-refractivity contribution in [2.24, 2.45) is 0 Å². The van der Waals surface area contributed by atoms with Crippen molar-refractivity contribution in [2.45, 2.75) is 17.9 Å². The van der Waals surface area contributed by atoms with Gasteiger partial charge in [0, 0.05) is 33.9 Å². The van der Waals surface area contributed by atoms with Crippen molar-refractivity contribution in [1.29, 1.82) is 0 Å². The van der Waals surface area contributed by atoms with Crippen LogP contribution >= 0.6 is 34.7 Å². The third-order valence-electron chi connectivity index (χ3n) is 3.68. The van der Waals surface area contributed by atoms with Crippen LogP contribution in [0, 0.1) is 5.82 Å². The van der Waals surface area contributed by atoms with E-state index in [1.807, 2.05) is 0 Å². The standard InChI is InChI=1S/C16H13Cl2FN4O2S2/c1-10(14-4-11(17)2-3-15(14)19)23(18)12-5-13(7-20-6-12)27(24,25)22-16-8-26-9-21-16/h2-10,22H,1H3/t10-/m0/s1. The van der Waals surface area contributed by atoms with Crippen LogP contribution in [0.4, 0.5) is 15.9 Å². The molecular formula is C16H13Cl2FN4O2S2. The van der Waals surface area contributed by atoms with Crippen molar-refractivity contribution < 1.29 is 12.8 Å². The molecule has 3 rings (SSSR count). The monoisotopic (exact) mass is 446 g/mol. The molecule has 1 atom stereocenters. The summed E-state index contributed by atoms with van der Waals surface area (Å²) >= 11 is 13.5. The lowest BCUT2D eigenvalue weighted by Gasteiger charge is -2.24. The molecule has 0 fully saturated rings. The van der Waals surface area contributed by atoms with Crippen molar-refractivity contribution in [3.05, 3.63) is 64.0 Å². The van der Waals surface area contributed by atoms with E-state index in [1.54, 1.807) is 12.3 Å². The third kappa shape index (κ3) is 4.49. The predicted molar refractivity (Wildman–Crippen MR) is 105 cm³/mol. The number of benzene rings is 1. The van der Waals surface area contributed by atoms with Gasteiger partial charge in [0.15, 0.2) is 5.82 Å². The minimum Gasteiger partial charge on any atom is -0.276 e. The van der Waals surface area contributed by atoms with Crippen LogP contribution in [0.2, 0.25) is 5.02 Å². The van der Waals surface area contributed by atoms with Crippen LogP contribution in [0.15, 0.2) is 52.4 Å². The maximum Gasteiger partial charge on any atom is 0.264 e. The number of aromatic nitrogens is 2. The number of nitrogens with one attached hydrogen (secondary N) is 1. The number of hydrogen-bond donors (Lipinski definition) is 1. The summed E-state index contributed by atoms with van der Waals surface area (Å²) in [7, 11) is -3.89. The highest BCUT2D eigenvalue weighted by Crippen LogP contribution is 2.32. The molecule has 0 saturated carbocycles. The average Bonchev–Trinajstić information content (AvgIpc) is 3.15. The van der Waals surface area contributed by atoms with Gasteiger partial charge >= 0.3 is 0 Å². The lowest BCUT2D eigenvalue weighted by atomic mass is 10.1. The van der Waals surface area contributed by atoms with Gasteiger partial charge in [-0.05, 0) is 31.2 Å². The van der Waals surface area contributed by atoms with Crippen LogP contribution in [0.1, 0.15) is 18.5 Å². The number of hydrogen-bond acceptors (Lipinski definition) is 6. The zero-order chi connectivity index (χ0) is 19.6. The van der Waals surface area contributed by atoms with Gasteiger partial charge in [-0.25, -0.2) is 17.8 Å². The molecule has 0 spiro atoms. The normalized spacial score (nSPS) is 12.6. The lowest BCUT2D eigenvalue weighted by molar-refractivity contribution is 0.593. The van der Waals surface area contributed by atoms with Gasteiger partial charge in [-0.15, -0.1) is 11.3 Å². The topological polar surface area (TPSA) is 75.2 Å². The summed E-state index contributed by atoms with van der Waals surface area (Å²) in [6.45, 7) is 1.66. The van der Waals surface area contributed by atoms with Crippen molar-refractivity contribution in [1.82, 2.24) is 9.97 Å². The van der Waals surface area contributed by atoms with E-state index >= 15 is 0 Å². The van der Waals surface area contributed by atoms with E-state index in [1.165, 1.54) is 57.9 Å². The fourth-order valence-electron chi connectivity index (χ4n) is 2.31. The Morgan fingerprint density at radius 1 is 1.30 bits per heavy atom. The summed E-state index contributed by atoms with van der Waals surface area (Å²) in [5, 5.41) is 1.93. The first-order valence-corrected chi connectivity index (χ1v) is 10.7. The Morgan fingerprint density at radius 2 is 2.07 bits per heavy atom. The molecule has 11 heteroatoms. The lowest BCUT2D eigenvalue weighted by Crippen LogP contribution is -2.19. The average molecular weight is 447 g/mol. The highest BCUT2D eigenvalue weighted by Gasteiger charge is 2.22. The molecule has 0 saturated heterocycles. The second-order valence-corrected chi connectivity index (χ2v) is 8.71. The first-order valence-electron chi connectivity index (χ1n) is 7.54. The van der Waals surface area contributed by atoms with E-state index < -0.39 is 21.9 Å². The smallest absolute Gasteiger partial charge is 0.264 e. The third-order valence-corrected chi connectivity index (χ3v) is 6.31. The van der Waals surface area contributed by atoms with Crippen LogP contribution in [0.25, 0.3) is 0 Å². The first kappa shape index (κ1) is 19.8. The fraction of sp³-hybridized carbons (Fsp3) is 0.125. The fourth-order valence-corrected chi connectivity index (χ4v) is 4.23. The minimum atomic E-state index is -3.89. The van der Waals surface area contributed by atoms with Crippen molar-refractivity contribution in [3.8, 4) is 0 Å². The second kappa shape index (κ2) is 7.97. The second-order valence-electron chi connectivity index (χ2n) is 5.51. The Bertz CT molecular complexity index is 1050. The molecule has 2 heterocycles. The molecule has 142 valence electrons. The molecular weight excluding hydrogens is 434 g/mol. The molecule has 0 bridgehead atoms.